The number of amides is 1. The number of carbonyl (C=O) groups excluding carboxylic acids is 1. The molecule has 0 aliphatic carbocycles. The SMILES string of the molecule is CCc1ccc(NC(=O)C(C)N2CCN(S(=O)(=O)c3cccc([N+](=O)[O-])c3)CC2)cc1. The first-order valence-corrected chi connectivity index (χ1v) is 11.5. The van der Waals surface area contributed by atoms with Crippen molar-refractivity contribution in [3.63, 3.8) is 0 Å². The number of nitro benzene ring substituents is 1. The van der Waals surface area contributed by atoms with Crippen molar-refractivity contribution in [2.45, 2.75) is 31.2 Å². The molecule has 1 fully saturated rings. The average Bonchev–Trinajstić information content (AvgIpc) is 2.79. The minimum atomic E-state index is -3.84. The van der Waals surface area contributed by atoms with Gasteiger partial charge in [0.15, 0.2) is 0 Å². The molecule has 1 N–H and O–H groups in total. The Morgan fingerprint density at radius 3 is 2.35 bits per heavy atom. The molecular formula is C21H26N4O5S. The highest BCUT2D eigenvalue weighted by Crippen LogP contribution is 2.22. The summed E-state index contributed by atoms with van der Waals surface area (Å²) in [6.07, 6.45) is 0.925. The molecule has 1 amide bonds. The van der Waals surface area contributed by atoms with Crippen LogP contribution in [0.25, 0.3) is 0 Å². The van der Waals surface area contributed by atoms with E-state index in [9.17, 15) is 23.3 Å². The fourth-order valence-electron chi connectivity index (χ4n) is 3.47. The van der Waals surface area contributed by atoms with Crippen molar-refractivity contribution in [2.75, 3.05) is 31.5 Å². The molecule has 0 saturated carbocycles. The topological polar surface area (TPSA) is 113 Å². The monoisotopic (exact) mass is 446 g/mol. The van der Waals surface area contributed by atoms with E-state index in [-0.39, 0.29) is 29.6 Å². The van der Waals surface area contributed by atoms with E-state index in [1.54, 1.807) is 6.92 Å². The summed E-state index contributed by atoms with van der Waals surface area (Å²) in [5.41, 5.74) is 1.64. The molecule has 2 aromatic carbocycles. The lowest BCUT2D eigenvalue weighted by Gasteiger charge is -2.36. The van der Waals surface area contributed by atoms with E-state index >= 15 is 0 Å². The normalized spacial score (nSPS) is 16.6. The molecule has 166 valence electrons. The van der Waals surface area contributed by atoms with E-state index in [0.717, 1.165) is 18.2 Å². The number of piperazine rings is 1. The quantitative estimate of drug-likeness (QED) is 0.516. The average molecular weight is 447 g/mol. The Hall–Kier alpha value is -2.82. The highest BCUT2D eigenvalue weighted by atomic mass is 32.2. The molecule has 1 aliphatic rings. The number of hydrogen-bond donors (Lipinski definition) is 1. The van der Waals surface area contributed by atoms with Crippen molar-refractivity contribution < 1.29 is 18.1 Å². The van der Waals surface area contributed by atoms with Crippen molar-refractivity contribution in [3.8, 4) is 0 Å². The smallest absolute Gasteiger partial charge is 0.270 e. The number of nitrogens with zero attached hydrogens (tertiary/aromatic N) is 3. The summed E-state index contributed by atoms with van der Waals surface area (Å²) in [5.74, 6) is -0.153. The maximum absolute atomic E-state index is 12.9. The van der Waals surface area contributed by atoms with Crippen LogP contribution in [0.1, 0.15) is 19.4 Å². The van der Waals surface area contributed by atoms with Crippen LogP contribution in [-0.2, 0) is 21.2 Å². The molecule has 0 aromatic heterocycles. The number of benzene rings is 2. The van der Waals surface area contributed by atoms with Crippen molar-refractivity contribution in [3.05, 3.63) is 64.2 Å². The van der Waals surface area contributed by atoms with Crippen LogP contribution < -0.4 is 5.32 Å². The van der Waals surface area contributed by atoms with Gasteiger partial charge in [-0.15, -0.1) is 0 Å². The van der Waals surface area contributed by atoms with Crippen LogP contribution in [0.5, 0.6) is 0 Å². The van der Waals surface area contributed by atoms with E-state index in [2.05, 4.69) is 12.2 Å². The predicted molar refractivity (Wildman–Crippen MR) is 117 cm³/mol. The minimum Gasteiger partial charge on any atom is -0.325 e. The van der Waals surface area contributed by atoms with Crippen LogP contribution in [0.2, 0.25) is 0 Å². The van der Waals surface area contributed by atoms with E-state index in [4.69, 9.17) is 0 Å². The fraction of sp³-hybridized carbons (Fsp3) is 0.381. The molecule has 1 saturated heterocycles. The van der Waals surface area contributed by atoms with E-state index in [1.165, 1.54) is 28.1 Å². The zero-order chi connectivity index (χ0) is 22.6. The van der Waals surface area contributed by atoms with Gasteiger partial charge >= 0.3 is 0 Å². The molecular weight excluding hydrogens is 420 g/mol. The molecule has 2 aromatic rings. The maximum Gasteiger partial charge on any atom is 0.270 e. The largest absolute Gasteiger partial charge is 0.325 e. The Kier molecular flexibility index (Phi) is 7.04. The maximum atomic E-state index is 12.9. The third-order valence-corrected chi connectivity index (χ3v) is 7.39. The summed E-state index contributed by atoms with van der Waals surface area (Å²) in [6.45, 7) is 5.03. The van der Waals surface area contributed by atoms with Gasteiger partial charge in [0.25, 0.3) is 5.69 Å². The Balaban J connectivity index is 1.60. The van der Waals surface area contributed by atoms with Crippen LogP contribution in [0.15, 0.2) is 53.4 Å². The summed E-state index contributed by atoms with van der Waals surface area (Å²) in [5, 5.41) is 13.9. The Labute approximate surface area is 181 Å². The van der Waals surface area contributed by atoms with Crippen molar-refractivity contribution >= 4 is 27.3 Å². The Morgan fingerprint density at radius 1 is 1.13 bits per heavy atom. The van der Waals surface area contributed by atoms with Gasteiger partial charge in [0, 0.05) is 44.0 Å². The van der Waals surface area contributed by atoms with Crippen molar-refractivity contribution in [1.29, 1.82) is 0 Å². The number of anilines is 1. The summed E-state index contributed by atoms with van der Waals surface area (Å²) in [4.78, 5) is 24.8. The lowest BCUT2D eigenvalue weighted by atomic mass is 10.1. The zero-order valence-corrected chi connectivity index (χ0v) is 18.3. The third kappa shape index (κ3) is 5.27. The van der Waals surface area contributed by atoms with Crippen LogP contribution in [0.3, 0.4) is 0 Å². The number of hydrogen-bond acceptors (Lipinski definition) is 6. The highest BCUT2D eigenvalue weighted by molar-refractivity contribution is 7.89. The highest BCUT2D eigenvalue weighted by Gasteiger charge is 2.32. The zero-order valence-electron chi connectivity index (χ0n) is 17.5. The van der Waals surface area contributed by atoms with Crippen LogP contribution in [-0.4, -0.2) is 60.7 Å². The minimum absolute atomic E-state index is 0.100. The van der Waals surface area contributed by atoms with E-state index in [0.29, 0.717) is 13.1 Å². The molecule has 0 bridgehead atoms. The van der Waals surface area contributed by atoms with Gasteiger partial charge in [-0.1, -0.05) is 25.1 Å². The lowest BCUT2D eigenvalue weighted by Crippen LogP contribution is -2.53. The summed E-state index contributed by atoms with van der Waals surface area (Å²) in [7, 11) is -3.84. The van der Waals surface area contributed by atoms with Gasteiger partial charge in [-0.2, -0.15) is 4.31 Å². The second-order valence-corrected chi connectivity index (χ2v) is 9.35. The number of nitrogens with one attached hydrogen (secondary N) is 1. The molecule has 0 spiro atoms. The number of sulfonamides is 1. The first-order chi connectivity index (χ1) is 14.7. The number of carbonyl (C=O) groups is 1. The molecule has 3 rings (SSSR count). The molecule has 1 heterocycles. The second kappa shape index (κ2) is 9.54. The van der Waals surface area contributed by atoms with Crippen LogP contribution >= 0.6 is 0 Å². The number of rotatable bonds is 7. The first-order valence-electron chi connectivity index (χ1n) is 10.1. The summed E-state index contributed by atoms with van der Waals surface area (Å²) >= 11 is 0. The standard InChI is InChI=1S/C21H26N4O5S/c1-3-17-7-9-18(10-8-17)22-21(26)16(2)23-11-13-24(14-12-23)31(29,30)20-6-4-5-19(15-20)25(27)28/h4-10,15-16H,3,11-14H2,1-2H3,(H,22,26). The van der Waals surface area contributed by atoms with E-state index in [1.807, 2.05) is 29.2 Å². The summed E-state index contributed by atoms with van der Waals surface area (Å²) in [6, 6.07) is 12.3. The van der Waals surface area contributed by atoms with Crippen molar-refractivity contribution in [1.82, 2.24) is 9.21 Å². The molecule has 1 unspecified atom stereocenters. The number of non-ortho nitro benzene ring substituents is 1. The second-order valence-electron chi connectivity index (χ2n) is 7.41. The van der Waals surface area contributed by atoms with Gasteiger partial charge in [-0.3, -0.25) is 19.8 Å². The first kappa shape index (κ1) is 22.9. The van der Waals surface area contributed by atoms with Crippen LogP contribution in [0.4, 0.5) is 11.4 Å². The molecule has 31 heavy (non-hydrogen) atoms. The van der Waals surface area contributed by atoms with Crippen LogP contribution in [0, 0.1) is 10.1 Å². The van der Waals surface area contributed by atoms with Gasteiger partial charge in [0.2, 0.25) is 15.9 Å². The lowest BCUT2D eigenvalue weighted by molar-refractivity contribution is -0.385. The Morgan fingerprint density at radius 2 is 1.77 bits per heavy atom. The summed E-state index contributed by atoms with van der Waals surface area (Å²) < 4.78 is 27.0. The van der Waals surface area contributed by atoms with Gasteiger partial charge in [0.1, 0.15) is 0 Å². The third-order valence-electron chi connectivity index (χ3n) is 5.50. The van der Waals surface area contributed by atoms with Gasteiger partial charge in [-0.25, -0.2) is 8.42 Å². The number of nitro groups is 1. The molecule has 10 heteroatoms. The van der Waals surface area contributed by atoms with Gasteiger partial charge in [0.05, 0.1) is 15.9 Å². The predicted octanol–water partition coefficient (Wildman–Crippen LogP) is 2.49. The van der Waals surface area contributed by atoms with E-state index < -0.39 is 21.0 Å². The fourth-order valence-corrected chi connectivity index (χ4v) is 4.94. The van der Waals surface area contributed by atoms with Gasteiger partial charge in [-0.05, 0) is 37.1 Å². The molecule has 1 aliphatic heterocycles. The molecule has 0 radical (unpaired) electrons. The van der Waals surface area contributed by atoms with Crippen molar-refractivity contribution in [2.24, 2.45) is 0 Å². The Bertz CT molecular complexity index is 1050. The molecule has 9 nitrogen and oxygen atoms in total. The van der Waals surface area contributed by atoms with Gasteiger partial charge < -0.3 is 5.32 Å². The number of aryl methyl sites for hydroxylation is 1. The molecule has 1 atom stereocenters.